The van der Waals surface area contributed by atoms with Crippen LogP contribution in [0.3, 0.4) is 0 Å². The standard InChI is InChI=1S/C4H4F6P/c5-3(6,7)1-11-2-4(8,9)10/h1-2H2. The average Bonchev–Trinajstić information content (AvgIpc) is 1.55. The Morgan fingerprint density at radius 1 is 0.727 bits per heavy atom. The third kappa shape index (κ3) is 10.0. The lowest BCUT2D eigenvalue weighted by Gasteiger charge is -2.07. The molecule has 0 aliphatic carbocycles. The molecular weight excluding hydrogens is 193 g/mol. The Bertz CT molecular complexity index is 98.7. The minimum Gasteiger partial charge on any atom is -0.171 e. The van der Waals surface area contributed by atoms with Crippen LogP contribution in [0, 0.1) is 0 Å². The van der Waals surface area contributed by atoms with Gasteiger partial charge in [-0.1, -0.05) is 8.58 Å². The molecule has 0 aliphatic heterocycles. The predicted molar refractivity (Wildman–Crippen MR) is 28.8 cm³/mol. The Morgan fingerprint density at radius 3 is 1.18 bits per heavy atom. The molecule has 0 aromatic rings. The number of alkyl halides is 6. The lowest BCUT2D eigenvalue weighted by atomic mass is 10.8. The highest BCUT2D eigenvalue weighted by Gasteiger charge is 2.32. The molecule has 0 bridgehead atoms. The molecule has 0 atom stereocenters. The summed E-state index contributed by atoms with van der Waals surface area (Å²) >= 11 is 0. The maximum absolute atomic E-state index is 11.3. The van der Waals surface area contributed by atoms with Crippen molar-refractivity contribution in [3.63, 3.8) is 0 Å². The zero-order valence-corrected chi connectivity index (χ0v) is 6.02. The fourth-order valence-electron chi connectivity index (χ4n) is 0.309. The van der Waals surface area contributed by atoms with Gasteiger partial charge in [0.25, 0.3) is 0 Å². The second-order valence-electron chi connectivity index (χ2n) is 1.77. The molecule has 0 amide bonds. The van der Waals surface area contributed by atoms with Gasteiger partial charge in [0.15, 0.2) is 0 Å². The summed E-state index contributed by atoms with van der Waals surface area (Å²) in [6.07, 6.45) is -11.8. The number of rotatable bonds is 2. The van der Waals surface area contributed by atoms with Gasteiger partial charge < -0.3 is 0 Å². The molecule has 0 heterocycles. The van der Waals surface area contributed by atoms with Crippen molar-refractivity contribution in [2.45, 2.75) is 12.4 Å². The van der Waals surface area contributed by atoms with Crippen molar-refractivity contribution in [3.05, 3.63) is 0 Å². The first-order valence-electron chi connectivity index (χ1n) is 2.47. The van der Waals surface area contributed by atoms with Crippen molar-refractivity contribution in [2.24, 2.45) is 0 Å². The quantitative estimate of drug-likeness (QED) is 0.471. The molecule has 1 radical (unpaired) electrons. The van der Waals surface area contributed by atoms with Crippen LogP contribution in [-0.4, -0.2) is 24.7 Å². The normalized spacial score (nSPS) is 13.6. The fraction of sp³-hybridized carbons (Fsp3) is 1.00. The van der Waals surface area contributed by atoms with E-state index in [-0.39, 0.29) is 0 Å². The van der Waals surface area contributed by atoms with Crippen molar-refractivity contribution in [3.8, 4) is 0 Å². The second-order valence-corrected chi connectivity index (χ2v) is 2.85. The molecule has 0 rings (SSSR count). The molecule has 11 heavy (non-hydrogen) atoms. The van der Waals surface area contributed by atoms with E-state index in [1.165, 1.54) is 0 Å². The maximum atomic E-state index is 11.3. The van der Waals surface area contributed by atoms with Crippen LogP contribution in [-0.2, 0) is 0 Å². The zero-order chi connectivity index (χ0) is 9.12. The third-order valence-electron chi connectivity index (χ3n) is 0.582. The Morgan fingerprint density at radius 2 is 1.00 bits per heavy atom. The summed E-state index contributed by atoms with van der Waals surface area (Å²) in [7, 11) is -0.649. The number of hydrogen-bond donors (Lipinski definition) is 0. The molecule has 67 valence electrons. The molecule has 0 aromatic heterocycles. The van der Waals surface area contributed by atoms with E-state index in [1.54, 1.807) is 0 Å². The summed E-state index contributed by atoms with van der Waals surface area (Å²) in [5.41, 5.74) is 0. The van der Waals surface area contributed by atoms with Crippen LogP contribution >= 0.6 is 8.58 Å². The van der Waals surface area contributed by atoms with E-state index in [2.05, 4.69) is 0 Å². The van der Waals surface area contributed by atoms with Gasteiger partial charge in [0.05, 0.1) is 12.3 Å². The van der Waals surface area contributed by atoms with Gasteiger partial charge in [-0.3, -0.25) is 0 Å². The molecule has 0 nitrogen and oxygen atoms in total. The average molecular weight is 197 g/mol. The molecule has 0 fully saturated rings. The van der Waals surface area contributed by atoms with Crippen molar-refractivity contribution in [1.29, 1.82) is 0 Å². The minimum atomic E-state index is -4.49. The zero-order valence-electron chi connectivity index (χ0n) is 5.13. The summed E-state index contributed by atoms with van der Waals surface area (Å²) in [5.74, 6) is 0. The molecular formula is C4H4F6P. The molecule has 0 aliphatic rings. The van der Waals surface area contributed by atoms with Crippen molar-refractivity contribution in [1.82, 2.24) is 0 Å². The van der Waals surface area contributed by atoms with E-state index in [4.69, 9.17) is 0 Å². The van der Waals surface area contributed by atoms with E-state index in [0.29, 0.717) is 0 Å². The van der Waals surface area contributed by atoms with Crippen molar-refractivity contribution < 1.29 is 26.3 Å². The van der Waals surface area contributed by atoms with Crippen molar-refractivity contribution in [2.75, 3.05) is 12.3 Å². The molecule has 0 spiro atoms. The Balaban J connectivity index is 3.44. The summed E-state index contributed by atoms with van der Waals surface area (Å²) in [5, 5.41) is 0. The molecule has 0 saturated carbocycles. The predicted octanol–water partition coefficient (Wildman–Crippen LogP) is 3.06. The highest BCUT2D eigenvalue weighted by atomic mass is 31.1. The van der Waals surface area contributed by atoms with Crippen LogP contribution in [0.2, 0.25) is 0 Å². The van der Waals surface area contributed by atoms with Gasteiger partial charge >= 0.3 is 12.4 Å². The van der Waals surface area contributed by atoms with Gasteiger partial charge in [-0.25, -0.2) is 0 Å². The third-order valence-corrected chi connectivity index (χ3v) is 1.75. The Labute approximate surface area is 60.7 Å². The Hall–Kier alpha value is 0.01000. The van der Waals surface area contributed by atoms with Gasteiger partial charge in [-0.05, 0) is 0 Å². The molecule has 7 heteroatoms. The van der Waals surface area contributed by atoms with E-state index in [9.17, 15) is 26.3 Å². The summed E-state index contributed by atoms with van der Waals surface area (Å²) in [4.78, 5) is 0. The smallest absolute Gasteiger partial charge is 0.171 e. The van der Waals surface area contributed by atoms with E-state index < -0.39 is 33.3 Å². The minimum absolute atomic E-state index is 0.649. The lowest BCUT2D eigenvalue weighted by molar-refractivity contribution is -0.110. The van der Waals surface area contributed by atoms with E-state index >= 15 is 0 Å². The highest BCUT2D eigenvalue weighted by Crippen LogP contribution is 2.30. The topological polar surface area (TPSA) is 0 Å². The molecule has 0 unspecified atom stereocenters. The van der Waals surface area contributed by atoms with E-state index in [0.717, 1.165) is 0 Å². The maximum Gasteiger partial charge on any atom is 0.393 e. The fourth-order valence-corrected chi connectivity index (χ4v) is 0.928. The van der Waals surface area contributed by atoms with Gasteiger partial charge in [0.1, 0.15) is 0 Å². The summed E-state index contributed by atoms with van der Waals surface area (Å²) < 4.78 is 67.5. The van der Waals surface area contributed by atoms with Crippen LogP contribution in [0.25, 0.3) is 0 Å². The van der Waals surface area contributed by atoms with Gasteiger partial charge in [-0.2, -0.15) is 26.3 Å². The summed E-state index contributed by atoms with van der Waals surface area (Å²) in [6.45, 7) is 0. The SMILES string of the molecule is FC(F)(F)C[P]CC(F)(F)F. The van der Waals surface area contributed by atoms with E-state index in [1.807, 2.05) is 0 Å². The van der Waals surface area contributed by atoms with Crippen LogP contribution in [0.1, 0.15) is 0 Å². The first-order chi connectivity index (χ1) is 4.71. The highest BCUT2D eigenvalue weighted by molar-refractivity contribution is 7.38. The van der Waals surface area contributed by atoms with Crippen molar-refractivity contribution >= 4 is 8.58 Å². The van der Waals surface area contributed by atoms with Gasteiger partial charge in [0, 0.05) is 0 Å². The first-order valence-corrected chi connectivity index (χ1v) is 3.74. The van der Waals surface area contributed by atoms with Crippen LogP contribution in [0.5, 0.6) is 0 Å². The number of halogens is 6. The monoisotopic (exact) mass is 197 g/mol. The van der Waals surface area contributed by atoms with Crippen LogP contribution in [0.4, 0.5) is 26.3 Å². The summed E-state index contributed by atoms with van der Waals surface area (Å²) in [6, 6.07) is 0. The Kier molecular flexibility index (Phi) is 3.61. The lowest BCUT2D eigenvalue weighted by Crippen LogP contribution is -2.15. The molecule has 0 saturated heterocycles. The molecule has 0 aromatic carbocycles. The van der Waals surface area contributed by atoms with Gasteiger partial charge in [-0.15, -0.1) is 0 Å². The van der Waals surface area contributed by atoms with Gasteiger partial charge in [0.2, 0.25) is 0 Å². The second kappa shape index (κ2) is 3.61. The molecule has 0 N–H and O–H groups in total. The first kappa shape index (κ1) is 11.0. The number of hydrogen-bond acceptors (Lipinski definition) is 0. The van der Waals surface area contributed by atoms with Crippen LogP contribution < -0.4 is 0 Å². The van der Waals surface area contributed by atoms with Crippen LogP contribution in [0.15, 0.2) is 0 Å². The largest absolute Gasteiger partial charge is 0.393 e.